The van der Waals surface area contributed by atoms with Crippen LogP contribution in [0.2, 0.25) is 0 Å². The van der Waals surface area contributed by atoms with E-state index in [-0.39, 0.29) is 5.91 Å². The van der Waals surface area contributed by atoms with Crippen LogP contribution in [-0.4, -0.2) is 22.6 Å². The van der Waals surface area contributed by atoms with Crippen LogP contribution in [0, 0.1) is 0 Å². The lowest BCUT2D eigenvalue weighted by atomic mass is 10.0. The summed E-state index contributed by atoms with van der Waals surface area (Å²) >= 11 is 0. The van der Waals surface area contributed by atoms with Crippen molar-refractivity contribution in [2.24, 2.45) is 0 Å². The fourth-order valence-electron chi connectivity index (χ4n) is 3.15. The smallest absolute Gasteiger partial charge is 0.251 e. The first-order chi connectivity index (χ1) is 11.3. The first kappa shape index (κ1) is 13.8. The lowest BCUT2D eigenvalue weighted by molar-refractivity contribution is 0.0956. The summed E-state index contributed by atoms with van der Waals surface area (Å²) in [5.74, 6) is -0.0429. The standard InChI is InChI=1S/C19H17N3O/c1-2-20-19(23)13-9-7-12(8-10-13)17-16-11-14-5-3-4-6-15(14)18(16)22-21-17/h3-10H,2,11H2,1H3,(H,20,23)(H,21,22). The highest BCUT2D eigenvalue weighted by Crippen LogP contribution is 2.39. The quantitative estimate of drug-likeness (QED) is 0.609. The third kappa shape index (κ3) is 2.23. The van der Waals surface area contributed by atoms with Crippen molar-refractivity contribution in [2.45, 2.75) is 13.3 Å². The first-order valence-corrected chi connectivity index (χ1v) is 7.82. The topological polar surface area (TPSA) is 57.8 Å². The molecule has 4 nitrogen and oxygen atoms in total. The number of aromatic nitrogens is 2. The third-order valence-corrected chi connectivity index (χ3v) is 4.28. The molecule has 0 saturated heterocycles. The molecule has 2 aromatic carbocycles. The Bertz CT molecular complexity index is 878. The number of amides is 1. The van der Waals surface area contributed by atoms with Crippen molar-refractivity contribution in [1.82, 2.24) is 15.5 Å². The van der Waals surface area contributed by atoms with Crippen molar-refractivity contribution in [1.29, 1.82) is 0 Å². The molecule has 0 atom stereocenters. The van der Waals surface area contributed by atoms with Gasteiger partial charge in [0.15, 0.2) is 0 Å². The average Bonchev–Trinajstić information content (AvgIpc) is 3.14. The Morgan fingerprint density at radius 2 is 1.96 bits per heavy atom. The van der Waals surface area contributed by atoms with E-state index in [4.69, 9.17) is 0 Å². The molecular formula is C19H17N3O. The fraction of sp³-hybridized carbons (Fsp3) is 0.158. The Kier molecular flexibility index (Phi) is 3.23. The Labute approximate surface area is 134 Å². The number of aromatic amines is 1. The van der Waals surface area contributed by atoms with Crippen molar-refractivity contribution in [3.8, 4) is 22.5 Å². The second-order valence-electron chi connectivity index (χ2n) is 5.70. The van der Waals surface area contributed by atoms with Gasteiger partial charge in [0.05, 0.1) is 11.4 Å². The molecule has 1 heterocycles. The number of hydrogen-bond acceptors (Lipinski definition) is 2. The van der Waals surface area contributed by atoms with Gasteiger partial charge >= 0.3 is 0 Å². The predicted molar refractivity (Wildman–Crippen MR) is 90.3 cm³/mol. The van der Waals surface area contributed by atoms with Crippen LogP contribution in [0.15, 0.2) is 48.5 Å². The number of nitrogens with zero attached hydrogens (tertiary/aromatic N) is 1. The summed E-state index contributed by atoms with van der Waals surface area (Å²) in [6.07, 6.45) is 0.898. The van der Waals surface area contributed by atoms with Crippen molar-refractivity contribution < 1.29 is 4.79 Å². The molecule has 4 rings (SSSR count). The van der Waals surface area contributed by atoms with Crippen molar-refractivity contribution in [2.75, 3.05) is 6.54 Å². The molecule has 0 radical (unpaired) electrons. The minimum absolute atomic E-state index is 0.0429. The number of nitrogens with one attached hydrogen (secondary N) is 2. The zero-order valence-electron chi connectivity index (χ0n) is 12.9. The van der Waals surface area contributed by atoms with Gasteiger partial charge in [0, 0.05) is 35.2 Å². The van der Waals surface area contributed by atoms with Gasteiger partial charge in [-0.3, -0.25) is 9.89 Å². The second-order valence-corrected chi connectivity index (χ2v) is 5.70. The van der Waals surface area contributed by atoms with Gasteiger partial charge in [0.1, 0.15) is 0 Å². The molecule has 0 unspecified atom stereocenters. The summed E-state index contributed by atoms with van der Waals surface area (Å²) in [6, 6.07) is 16.0. The van der Waals surface area contributed by atoms with Crippen LogP contribution in [0.1, 0.15) is 28.4 Å². The summed E-state index contributed by atoms with van der Waals surface area (Å²) in [5.41, 5.74) is 7.59. The molecule has 1 aromatic heterocycles. The Balaban J connectivity index is 1.68. The molecule has 1 aliphatic rings. The summed E-state index contributed by atoms with van der Waals surface area (Å²) < 4.78 is 0. The largest absolute Gasteiger partial charge is 0.352 e. The Morgan fingerprint density at radius 3 is 2.74 bits per heavy atom. The van der Waals surface area contributed by atoms with Gasteiger partial charge in [-0.05, 0) is 24.6 Å². The molecule has 114 valence electrons. The first-order valence-electron chi connectivity index (χ1n) is 7.82. The summed E-state index contributed by atoms with van der Waals surface area (Å²) in [7, 11) is 0. The SMILES string of the molecule is CCNC(=O)c1ccc(-c2n[nH]c3c2Cc2ccccc2-3)cc1. The van der Waals surface area contributed by atoms with Crippen LogP contribution in [0.5, 0.6) is 0 Å². The van der Waals surface area contributed by atoms with Crippen molar-refractivity contribution in [3.63, 3.8) is 0 Å². The second kappa shape index (κ2) is 5.39. The van der Waals surface area contributed by atoms with E-state index >= 15 is 0 Å². The molecule has 3 aromatic rings. The van der Waals surface area contributed by atoms with Gasteiger partial charge in [0.2, 0.25) is 0 Å². The van der Waals surface area contributed by atoms with E-state index in [1.807, 2.05) is 31.2 Å². The van der Waals surface area contributed by atoms with E-state index in [1.54, 1.807) is 0 Å². The maximum absolute atomic E-state index is 11.8. The molecule has 1 amide bonds. The van der Waals surface area contributed by atoms with E-state index in [9.17, 15) is 4.79 Å². The van der Waals surface area contributed by atoms with Crippen molar-refractivity contribution >= 4 is 5.91 Å². The van der Waals surface area contributed by atoms with Crippen LogP contribution >= 0.6 is 0 Å². The molecule has 23 heavy (non-hydrogen) atoms. The molecule has 0 aliphatic heterocycles. The van der Waals surface area contributed by atoms with E-state index in [2.05, 4.69) is 39.8 Å². The molecular weight excluding hydrogens is 286 g/mol. The maximum atomic E-state index is 11.8. The van der Waals surface area contributed by atoms with E-state index in [1.165, 1.54) is 16.7 Å². The molecule has 0 spiro atoms. The number of H-pyrrole nitrogens is 1. The number of rotatable bonds is 3. The number of carbonyl (C=O) groups excluding carboxylic acids is 1. The van der Waals surface area contributed by atoms with E-state index in [0.29, 0.717) is 12.1 Å². The summed E-state index contributed by atoms with van der Waals surface area (Å²) in [6.45, 7) is 2.54. The lowest BCUT2D eigenvalue weighted by Crippen LogP contribution is -2.22. The van der Waals surface area contributed by atoms with Crippen LogP contribution in [0.25, 0.3) is 22.5 Å². The molecule has 1 aliphatic carbocycles. The van der Waals surface area contributed by atoms with Crippen LogP contribution in [-0.2, 0) is 6.42 Å². The van der Waals surface area contributed by atoms with E-state index in [0.717, 1.165) is 23.4 Å². The van der Waals surface area contributed by atoms with Crippen molar-refractivity contribution in [3.05, 3.63) is 65.2 Å². The number of carbonyl (C=O) groups is 1. The highest BCUT2D eigenvalue weighted by Gasteiger charge is 2.24. The predicted octanol–water partition coefficient (Wildman–Crippen LogP) is 3.40. The zero-order valence-corrected chi connectivity index (χ0v) is 12.9. The minimum atomic E-state index is -0.0429. The van der Waals surface area contributed by atoms with Gasteiger partial charge in [-0.2, -0.15) is 5.10 Å². The number of fused-ring (bicyclic) bond motifs is 3. The minimum Gasteiger partial charge on any atom is -0.352 e. The van der Waals surface area contributed by atoms with E-state index < -0.39 is 0 Å². The number of benzene rings is 2. The lowest BCUT2D eigenvalue weighted by Gasteiger charge is -2.04. The molecule has 0 fully saturated rings. The average molecular weight is 303 g/mol. The van der Waals surface area contributed by atoms with Gasteiger partial charge in [0.25, 0.3) is 5.91 Å². The normalized spacial score (nSPS) is 11.9. The maximum Gasteiger partial charge on any atom is 0.251 e. The Hall–Kier alpha value is -2.88. The van der Waals surface area contributed by atoms with Gasteiger partial charge < -0.3 is 5.32 Å². The van der Waals surface area contributed by atoms with Crippen LogP contribution in [0.4, 0.5) is 0 Å². The molecule has 4 heteroatoms. The highest BCUT2D eigenvalue weighted by atomic mass is 16.1. The third-order valence-electron chi connectivity index (χ3n) is 4.28. The molecule has 2 N–H and O–H groups in total. The van der Waals surface area contributed by atoms with Crippen LogP contribution in [0.3, 0.4) is 0 Å². The van der Waals surface area contributed by atoms with Crippen LogP contribution < -0.4 is 5.32 Å². The fourth-order valence-corrected chi connectivity index (χ4v) is 3.15. The van der Waals surface area contributed by atoms with Gasteiger partial charge in [-0.1, -0.05) is 36.4 Å². The summed E-state index contributed by atoms with van der Waals surface area (Å²) in [4.78, 5) is 11.8. The Morgan fingerprint density at radius 1 is 1.17 bits per heavy atom. The summed E-state index contributed by atoms with van der Waals surface area (Å²) in [5, 5.41) is 10.5. The monoisotopic (exact) mass is 303 g/mol. The molecule has 0 saturated carbocycles. The number of hydrogen-bond donors (Lipinski definition) is 2. The van der Waals surface area contributed by atoms with Gasteiger partial charge in [-0.15, -0.1) is 0 Å². The molecule has 0 bridgehead atoms. The zero-order chi connectivity index (χ0) is 15.8. The highest BCUT2D eigenvalue weighted by molar-refractivity contribution is 5.94. The van der Waals surface area contributed by atoms with Gasteiger partial charge in [-0.25, -0.2) is 0 Å².